The maximum atomic E-state index is 12.6. The summed E-state index contributed by atoms with van der Waals surface area (Å²) in [5, 5.41) is 3.39. The third-order valence-electron chi connectivity index (χ3n) is 4.75. The van der Waals surface area contributed by atoms with Crippen molar-refractivity contribution in [1.82, 2.24) is 4.90 Å². The van der Waals surface area contributed by atoms with Gasteiger partial charge < -0.3 is 10.2 Å². The van der Waals surface area contributed by atoms with Crippen LogP contribution >= 0.6 is 0 Å². The zero-order valence-corrected chi connectivity index (χ0v) is 12.3. The number of carbonyl (C=O) groups is 1. The quantitative estimate of drug-likeness (QED) is 0.917. The van der Waals surface area contributed by atoms with Crippen molar-refractivity contribution < 1.29 is 4.79 Å². The molecule has 20 heavy (non-hydrogen) atoms. The molecule has 0 spiro atoms. The second-order valence-electron chi connectivity index (χ2n) is 6.31. The van der Waals surface area contributed by atoms with Crippen LogP contribution in [0.25, 0.3) is 0 Å². The van der Waals surface area contributed by atoms with E-state index in [0.717, 1.165) is 25.4 Å². The smallest absolute Gasteiger partial charge is 0.227 e. The number of carbonyl (C=O) groups excluding carboxylic acids is 1. The first-order valence-electron chi connectivity index (χ1n) is 7.81. The second kappa shape index (κ2) is 5.86. The molecule has 3 rings (SSSR count). The summed E-state index contributed by atoms with van der Waals surface area (Å²) in [6, 6.07) is 8.31. The van der Waals surface area contributed by atoms with Gasteiger partial charge in [0.2, 0.25) is 5.91 Å². The maximum Gasteiger partial charge on any atom is 0.227 e. The van der Waals surface area contributed by atoms with Crippen LogP contribution in [0.2, 0.25) is 0 Å². The number of anilines is 1. The van der Waals surface area contributed by atoms with E-state index < -0.39 is 0 Å². The summed E-state index contributed by atoms with van der Waals surface area (Å²) in [6.45, 7) is 1.71. The molecule has 1 saturated carbocycles. The molecule has 0 saturated heterocycles. The molecule has 3 nitrogen and oxygen atoms in total. The van der Waals surface area contributed by atoms with Crippen LogP contribution in [0.3, 0.4) is 0 Å². The number of rotatable bonds is 3. The molecule has 1 aliphatic heterocycles. The number of hydrogen-bond donors (Lipinski definition) is 1. The summed E-state index contributed by atoms with van der Waals surface area (Å²) < 4.78 is 0. The van der Waals surface area contributed by atoms with Gasteiger partial charge in [-0.25, -0.2) is 0 Å². The lowest BCUT2D eigenvalue weighted by Crippen LogP contribution is -2.41. The molecule has 2 aliphatic rings. The van der Waals surface area contributed by atoms with Gasteiger partial charge >= 0.3 is 0 Å². The zero-order valence-electron chi connectivity index (χ0n) is 12.3. The topological polar surface area (TPSA) is 32.3 Å². The Labute approximate surface area is 121 Å². The van der Waals surface area contributed by atoms with E-state index in [0.29, 0.717) is 5.91 Å². The Morgan fingerprint density at radius 1 is 1.30 bits per heavy atom. The van der Waals surface area contributed by atoms with Crippen LogP contribution < -0.4 is 5.32 Å². The van der Waals surface area contributed by atoms with Crippen molar-refractivity contribution in [1.29, 1.82) is 0 Å². The Hall–Kier alpha value is -1.51. The highest BCUT2D eigenvalue weighted by molar-refractivity contribution is 5.80. The molecule has 1 aliphatic carbocycles. The molecule has 1 aromatic rings. The molecule has 0 aromatic heterocycles. The number of benzene rings is 1. The molecule has 0 bridgehead atoms. The van der Waals surface area contributed by atoms with Gasteiger partial charge in [-0.15, -0.1) is 0 Å². The van der Waals surface area contributed by atoms with Crippen LogP contribution in [0, 0.1) is 11.8 Å². The highest BCUT2D eigenvalue weighted by atomic mass is 16.2. The minimum atomic E-state index is 0.0938. The summed E-state index contributed by atoms with van der Waals surface area (Å²) in [6.07, 6.45) is 6.14. The fourth-order valence-corrected chi connectivity index (χ4v) is 3.60. The summed E-state index contributed by atoms with van der Waals surface area (Å²) >= 11 is 0. The van der Waals surface area contributed by atoms with Crippen LogP contribution in [0.15, 0.2) is 24.3 Å². The minimum absolute atomic E-state index is 0.0938. The molecule has 1 N–H and O–H groups in total. The van der Waals surface area contributed by atoms with Crippen LogP contribution in [-0.2, 0) is 11.2 Å². The molecular formula is C17H24N2O. The number of nitrogens with one attached hydrogen (secondary N) is 1. The maximum absolute atomic E-state index is 12.6. The van der Waals surface area contributed by atoms with E-state index in [1.165, 1.54) is 36.9 Å². The predicted octanol–water partition coefficient (Wildman–Crippen LogP) is 2.92. The average molecular weight is 272 g/mol. The third kappa shape index (κ3) is 2.82. The Kier molecular flexibility index (Phi) is 3.95. The first-order valence-corrected chi connectivity index (χ1v) is 7.81. The van der Waals surface area contributed by atoms with Crippen molar-refractivity contribution in [2.24, 2.45) is 11.8 Å². The molecule has 1 aromatic carbocycles. The molecule has 1 fully saturated rings. The van der Waals surface area contributed by atoms with Crippen molar-refractivity contribution in [2.45, 2.75) is 32.1 Å². The van der Waals surface area contributed by atoms with Gasteiger partial charge in [-0.1, -0.05) is 31.0 Å². The number of amides is 1. The zero-order chi connectivity index (χ0) is 13.9. The Bertz CT molecular complexity index is 480. The second-order valence-corrected chi connectivity index (χ2v) is 6.31. The molecule has 0 radical (unpaired) electrons. The van der Waals surface area contributed by atoms with E-state index in [2.05, 4.69) is 23.5 Å². The van der Waals surface area contributed by atoms with E-state index in [4.69, 9.17) is 0 Å². The summed E-state index contributed by atoms with van der Waals surface area (Å²) in [5.41, 5.74) is 2.46. The van der Waals surface area contributed by atoms with E-state index in [1.807, 2.05) is 18.0 Å². The molecule has 1 amide bonds. The van der Waals surface area contributed by atoms with Gasteiger partial charge in [-0.2, -0.15) is 0 Å². The van der Waals surface area contributed by atoms with Crippen molar-refractivity contribution >= 4 is 11.6 Å². The largest absolute Gasteiger partial charge is 0.384 e. The lowest BCUT2D eigenvalue weighted by Gasteiger charge is -2.30. The van der Waals surface area contributed by atoms with Crippen LogP contribution in [0.5, 0.6) is 0 Å². The van der Waals surface area contributed by atoms with Gasteiger partial charge in [0.25, 0.3) is 0 Å². The Morgan fingerprint density at radius 2 is 2.05 bits per heavy atom. The summed E-state index contributed by atoms with van der Waals surface area (Å²) in [7, 11) is 1.97. The Balaban J connectivity index is 1.60. The molecule has 1 unspecified atom stereocenters. The van der Waals surface area contributed by atoms with Crippen molar-refractivity contribution in [2.75, 3.05) is 25.5 Å². The highest BCUT2D eigenvalue weighted by Gasteiger charge is 2.28. The van der Waals surface area contributed by atoms with Crippen molar-refractivity contribution in [3.63, 3.8) is 0 Å². The van der Waals surface area contributed by atoms with Crippen LogP contribution in [0.1, 0.15) is 31.2 Å². The van der Waals surface area contributed by atoms with Gasteiger partial charge in [0, 0.05) is 25.8 Å². The predicted molar refractivity (Wildman–Crippen MR) is 81.7 cm³/mol. The number of nitrogens with zero attached hydrogens (tertiary/aromatic N) is 1. The normalized spacial score (nSPS) is 22.1. The van der Waals surface area contributed by atoms with E-state index in [9.17, 15) is 4.79 Å². The van der Waals surface area contributed by atoms with E-state index in [1.54, 1.807) is 0 Å². The first kappa shape index (κ1) is 13.5. The van der Waals surface area contributed by atoms with Gasteiger partial charge in [-0.05, 0) is 36.8 Å². The first-order chi connectivity index (χ1) is 9.74. The minimum Gasteiger partial charge on any atom is -0.384 e. The third-order valence-corrected chi connectivity index (χ3v) is 4.75. The van der Waals surface area contributed by atoms with E-state index in [-0.39, 0.29) is 5.92 Å². The molecule has 108 valence electrons. The number of hydrogen-bond acceptors (Lipinski definition) is 2. The lowest BCUT2D eigenvalue weighted by atomic mass is 9.92. The average Bonchev–Trinajstić information content (AvgIpc) is 2.99. The van der Waals surface area contributed by atoms with E-state index >= 15 is 0 Å². The van der Waals surface area contributed by atoms with Gasteiger partial charge in [0.05, 0.1) is 5.92 Å². The fourth-order valence-electron chi connectivity index (χ4n) is 3.60. The van der Waals surface area contributed by atoms with Gasteiger partial charge in [-0.3, -0.25) is 4.79 Å². The number of para-hydroxylation sites is 1. The van der Waals surface area contributed by atoms with Crippen LogP contribution in [-0.4, -0.2) is 30.9 Å². The van der Waals surface area contributed by atoms with Crippen LogP contribution in [0.4, 0.5) is 5.69 Å². The highest BCUT2D eigenvalue weighted by Crippen LogP contribution is 2.28. The lowest BCUT2D eigenvalue weighted by molar-refractivity contribution is -0.134. The summed E-state index contributed by atoms with van der Waals surface area (Å²) in [5.74, 6) is 1.13. The number of fused-ring (bicyclic) bond motifs is 1. The molecule has 3 heteroatoms. The van der Waals surface area contributed by atoms with Crippen molar-refractivity contribution in [3.05, 3.63) is 29.8 Å². The fraction of sp³-hybridized carbons (Fsp3) is 0.588. The Morgan fingerprint density at radius 3 is 2.85 bits per heavy atom. The van der Waals surface area contributed by atoms with Crippen molar-refractivity contribution in [3.8, 4) is 0 Å². The van der Waals surface area contributed by atoms with Gasteiger partial charge in [0.15, 0.2) is 0 Å². The monoisotopic (exact) mass is 272 g/mol. The molecule has 1 heterocycles. The van der Waals surface area contributed by atoms with Gasteiger partial charge in [0.1, 0.15) is 0 Å². The molecule has 1 atom stereocenters. The SMILES string of the molecule is CN(CC1CCCC1)C(=O)C1CNc2ccccc2C1. The summed E-state index contributed by atoms with van der Waals surface area (Å²) in [4.78, 5) is 14.6. The standard InChI is InChI=1S/C17H24N2O/c1-19(12-13-6-2-3-7-13)17(20)15-10-14-8-4-5-9-16(14)18-11-15/h4-5,8-9,13,15,18H,2-3,6-7,10-12H2,1H3. The molecular weight excluding hydrogens is 248 g/mol.